The quantitative estimate of drug-likeness (QED) is 0.794. The molecular formula is C17H19N3O. The van der Waals surface area contributed by atoms with Crippen molar-refractivity contribution >= 4 is 5.82 Å². The van der Waals surface area contributed by atoms with Crippen molar-refractivity contribution in [1.82, 2.24) is 9.78 Å². The van der Waals surface area contributed by atoms with Gasteiger partial charge < -0.3 is 10.2 Å². The standard InChI is InChI=1S/C17H19N3O/c1-4-13-8-9-14(21-13)16-15(17(18)20(3)19-16)12-7-5-6-11(2)10-12/h5-10H,4,18H2,1-3H3. The molecule has 4 nitrogen and oxygen atoms in total. The van der Waals surface area contributed by atoms with Crippen molar-refractivity contribution in [1.29, 1.82) is 0 Å². The van der Waals surface area contributed by atoms with Crippen LogP contribution in [0.15, 0.2) is 40.8 Å². The van der Waals surface area contributed by atoms with Gasteiger partial charge in [0.05, 0.1) is 5.56 Å². The SMILES string of the molecule is CCc1ccc(-c2nn(C)c(N)c2-c2cccc(C)c2)o1. The van der Waals surface area contributed by atoms with Gasteiger partial charge in [0.2, 0.25) is 0 Å². The predicted molar refractivity (Wildman–Crippen MR) is 84.9 cm³/mol. The van der Waals surface area contributed by atoms with E-state index >= 15 is 0 Å². The van der Waals surface area contributed by atoms with Crippen LogP contribution in [0.25, 0.3) is 22.6 Å². The van der Waals surface area contributed by atoms with Gasteiger partial charge >= 0.3 is 0 Å². The summed E-state index contributed by atoms with van der Waals surface area (Å²) < 4.78 is 7.54. The van der Waals surface area contributed by atoms with E-state index in [0.29, 0.717) is 5.82 Å². The van der Waals surface area contributed by atoms with Crippen LogP contribution in [0.1, 0.15) is 18.2 Å². The van der Waals surface area contributed by atoms with Crippen LogP contribution in [0.2, 0.25) is 0 Å². The summed E-state index contributed by atoms with van der Waals surface area (Å²) in [4.78, 5) is 0. The van der Waals surface area contributed by atoms with Crippen LogP contribution in [0, 0.1) is 6.92 Å². The van der Waals surface area contributed by atoms with Gasteiger partial charge in [-0.05, 0) is 24.6 Å². The minimum Gasteiger partial charge on any atom is -0.459 e. The molecule has 0 radical (unpaired) electrons. The van der Waals surface area contributed by atoms with Crippen LogP contribution in [0.4, 0.5) is 5.82 Å². The van der Waals surface area contributed by atoms with Gasteiger partial charge in [0.1, 0.15) is 17.3 Å². The summed E-state index contributed by atoms with van der Waals surface area (Å²) in [5.74, 6) is 2.35. The third-order valence-electron chi connectivity index (χ3n) is 3.64. The molecule has 0 aliphatic heterocycles. The normalized spacial score (nSPS) is 11.0. The minimum absolute atomic E-state index is 0.644. The molecule has 0 bridgehead atoms. The first kappa shape index (κ1) is 13.5. The van der Waals surface area contributed by atoms with Crippen LogP contribution < -0.4 is 5.73 Å². The van der Waals surface area contributed by atoms with Crippen molar-refractivity contribution in [2.75, 3.05) is 5.73 Å². The van der Waals surface area contributed by atoms with Crippen molar-refractivity contribution in [2.45, 2.75) is 20.3 Å². The van der Waals surface area contributed by atoms with E-state index in [1.807, 2.05) is 31.3 Å². The van der Waals surface area contributed by atoms with Crippen molar-refractivity contribution in [3.05, 3.63) is 47.7 Å². The molecule has 3 rings (SSSR count). The van der Waals surface area contributed by atoms with E-state index in [1.165, 1.54) is 5.56 Å². The fourth-order valence-corrected chi connectivity index (χ4v) is 2.49. The van der Waals surface area contributed by atoms with Gasteiger partial charge in [0.15, 0.2) is 5.76 Å². The summed E-state index contributed by atoms with van der Waals surface area (Å²) in [5.41, 5.74) is 10.2. The fraction of sp³-hybridized carbons (Fsp3) is 0.235. The summed E-state index contributed by atoms with van der Waals surface area (Å²) in [5, 5.41) is 4.53. The van der Waals surface area contributed by atoms with Gasteiger partial charge in [-0.3, -0.25) is 4.68 Å². The Labute approximate surface area is 124 Å². The maximum absolute atomic E-state index is 6.22. The van der Waals surface area contributed by atoms with Crippen molar-refractivity contribution in [2.24, 2.45) is 7.05 Å². The number of aryl methyl sites for hydroxylation is 3. The zero-order valence-corrected chi connectivity index (χ0v) is 12.6. The molecule has 21 heavy (non-hydrogen) atoms. The first-order valence-corrected chi connectivity index (χ1v) is 7.08. The summed E-state index contributed by atoms with van der Waals surface area (Å²) in [6.07, 6.45) is 0.863. The Morgan fingerprint density at radius 3 is 2.71 bits per heavy atom. The Hall–Kier alpha value is -2.49. The minimum atomic E-state index is 0.644. The van der Waals surface area contributed by atoms with E-state index in [4.69, 9.17) is 10.2 Å². The van der Waals surface area contributed by atoms with Crippen LogP contribution >= 0.6 is 0 Å². The maximum atomic E-state index is 6.22. The Kier molecular flexibility index (Phi) is 3.29. The van der Waals surface area contributed by atoms with Crippen LogP contribution in [-0.4, -0.2) is 9.78 Å². The Balaban J connectivity index is 2.20. The van der Waals surface area contributed by atoms with E-state index in [9.17, 15) is 0 Å². The first-order chi connectivity index (χ1) is 10.1. The largest absolute Gasteiger partial charge is 0.459 e. The average Bonchev–Trinajstić information content (AvgIpc) is 3.05. The molecule has 2 aromatic heterocycles. The molecule has 0 saturated carbocycles. The number of nitrogens with two attached hydrogens (primary N) is 1. The molecule has 108 valence electrons. The number of furan rings is 1. The van der Waals surface area contributed by atoms with Crippen LogP contribution in [0.3, 0.4) is 0 Å². The molecule has 4 heteroatoms. The third kappa shape index (κ3) is 2.33. The first-order valence-electron chi connectivity index (χ1n) is 7.08. The number of rotatable bonds is 3. The van der Waals surface area contributed by atoms with Gasteiger partial charge in [-0.2, -0.15) is 5.10 Å². The summed E-state index contributed by atoms with van der Waals surface area (Å²) in [7, 11) is 1.85. The molecule has 0 atom stereocenters. The lowest BCUT2D eigenvalue weighted by Crippen LogP contribution is -1.98. The van der Waals surface area contributed by atoms with Gasteiger partial charge in [-0.1, -0.05) is 36.8 Å². The average molecular weight is 281 g/mol. The molecule has 0 spiro atoms. The maximum Gasteiger partial charge on any atom is 0.155 e. The molecule has 0 unspecified atom stereocenters. The van der Waals surface area contributed by atoms with Gasteiger partial charge in [-0.25, -0.2) is 0 Å². The zero-order valence-electron chi connectivity index (χ0n) is 12.6. The molecule has 2 heterocycles. The Morgan fingerprint density at radius 2 is 2.05 bits per heavy atom. The van der Waals surface area contributed by atoms with Gasteiger partial charge in [0.25, 0.3) is 0 Å². The van der Waals surface area contributed by atoms with Crippen LogP contribution in [-0.2, 0) is 13.5 Å². The summed E-state index contributed by atoms with van der Waals surface area (Å²) >= 11 is 0. The highest BCUT2D eigenvalue weighted by Gasteiger charge is 2.19. The summed E-state index contributed by atoms with van der Waals surface area (Å²) in [6, 6.07) is 12.2. The Morgan fingerprint density at radius 1 is 1.24 bits per heavy atom. The predicted octanol–water partition coefficient (Wildman–Crippen LogP) is 3.80. The highest BCUT2D eigenvalue weighted by Crippen LogP contribution is 2.36. The number of nitrogens with zero attached hydrogens (tertiary/aromatic N) is 2. The lowest BCUT2D eigenvalue weighted by atomic mass is 10.0. The topological polar surface area (TPSA) is 57.0 Å². The monoisotopic (exact) mass is 281 g/mol. The second-order valence-corrected chi connectivity index (χ2v) is 5.22. The van der Waals surface area contributed by atoms with E-state index in [0.717, 1.165) is 34.8 Å². The van der Waals surface area contributed by atoms with Gasteiger partial charge in [-0.15, -0.1) is 0 Å². The number of hydrogen-bond donors (Lipinski definition) is 1. The van der Waals surface area contributed by atoms with Crippen molar-refractivity contribution in [3.8, 4) is 22.6 Å². The van der Waals surface area contributed by atoms with Crippen molar-refractivity contribution < 1.29 is 4.42 Å². The molecule has 0 amide bonds. The highest BCUT2D eigenvalue weighted by atomic mass is 16.3. The number of aromatic nitrogens is 2. The second-order valence-electron chi connectivity index (χ2n) is 5.22. The molecule has 0 fully saturated rings. The second kappa shape index (κ2) is 5.13. The number of benzene rings is 1. The van der Waals surface area contributed by atoms with E-state index in [-0.39, 0.29) is 0 Å². The number of nitrogen functional groups attached to an aromatic ring is 1. The number of hydrogen-bond acceptors (Lipinski definition) is 3. The lowest BCUT2D eigenvalue weighted by molar-refractivity contribution is 0.526. The van der Waals surface area contributed by atoms with Crippen molar-refractivity contribution in [3.63, 3.8) is 0 Å². The molecule has 0 saturated heterocycles. The fourth-order valence-electron chi connectivity index (χ4n) is 2.49. The Bertz CT molecular complexity index is 783. The highest BCUT2D eigenvalue weighted by molar-refractivity contribution is 5.86. The summed E-state index contributed by atoms with van der Waals surface area (Å²) in [6.45, 7) is 4.13. The molecule has 1 aromatic carbocycles. The van der Waals surface area contributed by atoms with Crippen LogP contribution in [0.5, 0.6) is 0 Å². The lowest BCUT2D eigenvalue weighted by Gasteiger charge is -2.04. The number of anilines is 1. The molecule has 2 N–H and O–H groups in total. The molecule has 0 aliphatic rings. The zero-order chi connectivity index (χ0) is 15.0. The van der Waals surface area contributed by atoms with E-state index < -0.39 is 0 Å². The van der Waals surface area contributed by atoms with Gasteiger partial charge in [0, 0.05) is 13.5 Å². The molecule has 0 aliphatic carbocycles. The smallest absolute Gasteiger partial charge is 0.155 e. The van der Waals surface area contributed by atoms with E-state index in [2.05, 4.69) is 31.1 Å². The van der Waals surface area contributed by atoms with E-state index in [1.54, 1.807) is 4.68 Å². The molecule has 3 aromatic rings. The molecular weight excluding hydrogens is 262 g/mol. The third-order valence-corrected chi connectivity index (χ3v) is 3.64.